The molecule has 0 radical (unpaired) electrons. The maximum absolute atomic E-state index is 11.7. The number of hydrogen-bond acceptors (Lipinski definition) is 3. The Morgan fingerprint density at radius 1 is 1.42 bits per heavy atom. The minimum atomic E-state index is -1.03. The summed E-state index contributed by atoms with van der Waals surface area (Å²) in [6, 6.07) is 2.60. The number of amides is 2. The lowest BCUT2D eigenvalue weighted by Crippen LogP contribution is -2.52. The van der Waals surface area contributed by atoms with Gasteiger partial charge in [-0.2, -0.15) is 0 Å². The zero-order valence-electron chi connectivity index (χ0n) is 11.4. The monoisotopic (exact) mass is 284 g/mol. The molecule has 1 aromatic rings. The summed E-state index contributed by atoms with van der Waals surface area (Å²) in [6.45, 7) is 5.82. The summed E-state index contributed by atoms with van der Waals surface area (Å²) in [4.78, 5) is 23.9. The molecule has 6 heteroatoms. The van der Waals surface area contributed by atoms with Crippen molar-refractivity contribution in [1.29, 1.82) is 0 Å². The Morgan fingerprint density at radius 3 is 2.58 bits per heavy atom. The number of thiophene rings is 1. The molecule has 1 heterocycles. The van der Waals surface area contributed by atoms with E-state index in [1.807, 2.05) is 17.5 Å². The summed E-state index contributed by atoms with van der Waals surface area (Å²) in [7, 11) is 0. The molecule has 5 nitrogen and oxygen atoms in total. The quantitative estimate of drug-likeness (QED) is 0.774. The standard InChI is InChI=1S/C13H20N2O3S/c1-13(2,3)10(11(16)17)15-12(18)14-7-6-9-5-4-8-19-9/h4-5,8,10H,6-7H2,1-3H3,(H,16,17)(H2,14,15,18)/t10-/m0/s1. The van der Waals surface area contributed by atoms with E-state index in [4.69, 9.17) is 5.11 Å². The minimum absolute atomic E-state index is 0.445. The van der Waals surface area contributed by atoms with E-state index in [9.17, 15) is 9.59 Å². The van der Waals surface area contributed by atoms with Crippen molar-refractivity contribution in [3.8, 4) is 0 Å². The highest BCUT2D eigenvalue weighted by atomic mass is 32.1. The third-order valence-electron chi connectivity index (χ3n) is 2.63. The van der Waals surface area contributed by atoms with Crippen LogP contribution in [0.15, 0.2) is 17.5 Å². The van der Waals surface area contributed by atoms with Gasteiger partial charge in [-0.15, -0.1) is 11.3 Å². The van der Waals surface area contributed by atoms with E-state index < -0.39 is 23.5 Å². The highest BCUT2D eigenvalue weighted by molar-refractivity contribution is 7.09. The summed E-state index contributed by atoms with van der Waals surface area (Å²) >= 11 is 1.63. The number of hydrogen-bond donors (Lipinski definition) is 3. The predicted molar refractivity (Wildman–Crippen MR) is 75.4 cm³/mol. The van der Waals surface area contributed by atoms with Gasteiger partial charge in [0.25, 0.3) is 0 Å². The van der Waals surface area contributed by atoms with Crippen molar-refractivity contribution in [2.45, 2.75) is 33.2 Å². The molecule has 3 N–H and O–H groups in total. The molecule has 0 saturated carbocycles. The van der Waals surface area contributed by atoms with Gasteiger partial charge in [0.15, 0.2) is 0 Å². The van der Waals surface area contributed by atoms with Crippen LogP contribution in [0.1, 0.15) is 25.6 Å². The molecule has 19 heavy (non-hydrogen) atoms. The number of carbonyl (C=O) groups excluding carboxylic acids is 1. The molecular formula is C13H20N2O3S. The molecule has 0 aliphatic carbocycles. The molecule has 0 aliphatic rings. The van der Waals surface area contributed by atoms with Crippen LogP contribution < -0.4 is 10.6 Å². The molecule has 0 spiro atoms. The molecule has 0 fully saturated rings. The smallest absolute Gasteiger partial charge is 0.326 e. The Hall–Kier alpha value is -1.56. The van der Waals surface area contributed by atoms with Gasteiger partial charge < -0.3 is 15.7 Å². The highest BCUT2D eigenvalue weighted by Crippen LogP contribution is 2.19. The maximum Gasteiger partial charge on any atom is 0.326 e. The van der Waals surface area contributed by atoms with Gasteiger partial charge in [-0.25, -0.2) is 9.59 Å². The van der Waals surface area contributed by atoms with E-state index in [1.165, 1.54) is 4.88 Å². The first-order valence-corrected chi connectivity index (χ1v) is 6.98. The fourth-order valence-corrected chi connectivity index (χ4v) is 2.29. The van der Waals surface area contributed by atoms with E-state index >= 15 is 0 Å². The topological polar surface area (TPSA) is 78.4 Å². The zero-order valence-corrected chi connectivity index (χ0v) is 12.2. The first-order valence-electron chi connectivity index (χ1n) is 6.10. The van der Waals surface area contributed by atoms with Gasteiger partial charge in [0.05, 0.1) is 0 Å². The molecule has 1 rings (SSSR count). The Morgan fingerprint density at radius 2 is 2.11 bits per heavy atom. The van der Waals surface area contributed by atoms with E-state index in [0.29, 0.717) is 6.54 Å². The van der Waals surface area contributed by atoms with Gasteiger partial charge in [0.2, 0.25) is 0 Å². The van der Waals surface area contributed by atoms with Gasteiger partial charge in [0.1, 0.15) is 6.04 Å². The Kier molecular flexibility index (Phi) is 5.35. The lowest BCUT2D eigenvalue weighted by atomic mass is 9.87. The Balaban J connectivity index is 2.39. The van der Waals surface area contributed by atoms with E-state index in [2.05, 4.69) is 10.6 Å². The largest absolute Gasteiger partial charge is 0.480 e. The average Bonchev–Trinajstić information content (AvgIpc) is 2.77. The van der Waals surface area contributed by atoms with Gasteiger partial charge >= 0.3 is 12.0 Å². The van der Waals surface area contributed by atoms with Crippen LogP contribution in [0.4, 0.5) is 4.79 Å². The van der Waals surface area contributed by atoms with Crippen molar-refractivity contribution in [2.75, 3.05) is 6.54 Å². The third kappa shape index (κ3) is 5.30. The van der Waals surface area contributed by atoms with Gasteiger partial charge in [-0.3, -0.25) is 0 Å². The number of aliphatic carboxylic acids is 1. The molecule has 0 unspecified atom stereocenters. The van der Waals surface area contributed by atoms with Gasteiger partial charge in [0, 0.05) is 11.4 Å². The molecule has 0 aliphatic heterocycles. The molecule has 1 aromatic heterocycles. The number of carboxylic acid groups (broad SMARTS) is 1. The van der Waals surface area contributed by atoms with Crippen molar-refractivity contribution in [1.82, 2.24) is 10.6 Å². The zero-order chi connectivity index (χ0) is 14.5. The SMILES string of the molecule is CC(C)(C)[C@@H](NC(=O)NCCc1cccs1)C(=O)O. The van der Waals surface area contributed by atoms with Crippen LogP contribution >= 0.6 is 11.3 Å². The van der Waals surface area contributed by atoms with Crippen LogP contribution in [-0.2, 0) is 11.2 Å². The van der Waals surface area contributed by atoms with Crippen LogP contribution in [0.3, 0.4) is 0 Å². The molecule has 0 saturated heterocycles. The molecule has 0 aromatic carbocycles. The molecule has 106 valence electrons. The van der Waals surface area contributed by atoms with Crippen LogP contribution in [0.2, 0.25) is 0 Å². The number of carbonyl (C=O) groups is 2. The van der Waals surface area contributed by atoms with Crippen LogP contribution in [0, 0.1) is 5.41 Å². The van der Waals surface area contributed by atoms with Gasteiger partial charge in [-0.1, -0.05) is 26.8 Å². The highest BCUT2D eigenvalue weighted by Gasteiger charge is 2.32. The van der Waals surface area contributed by atoms with Crippen molar-refractivity contribution in [2.24, 2.45) is 5.41 Å². The van der Waals surface area contributed by atoms with Crippen molar-refractivity contribution < 1.29 is 14.7 Å². The lowest BCUT2D eigenvalue weighted by molar-refractivity contribution is -0.141. The first-order chi connectivity index (χ1) is 8.80. The number of nitrogens with one attached hydrogen (secondary N) is 2. The summed E-state index contributed by atoms with van der Waals surface area (Å²) < 4.78 is 0. The normalized spacial score (nSPS) is 12.8. The fourth-order valence-electron chi connectivity index (χ4n) is 1.58. The molecule has 0 bridgehead atoms. The average molecular weight is 284 g/mol. The summed E-state index contributed by atoms with van der Waals surface area (Å²) in [6.07, 6.45) is 0.748. The molecule has 1 atom stereocenters. The van der Waals surface area contributed by atoms with Crippen molar-refractivity contribution in [3.05, 3.63) is 22.4 Å². The third-order valence-corrected chi connectivity index (χ3v) is 3.56. The van der Waals surface area contributed by atoms with Gasteiger partial charge in [-0.05, 0) is 23.3 Å². The van der Waals surface area contributed by atoms with Crippen molar-refractivity contribution in [3.63, 3.8) is 0 Å². The number of carboxylic acids is 1. The molecule has 2 amide bonds. The predicted octanol–water partition coefficient (Wildman–Crippen LogP) is 2.09. The summed E-state index contributed by atoms with van der Waals surface area (Å²) in [5, 5.41) is 16.2. The lowest BCUT2D eigenvalue weighted by Gasteiger charge is -2.27. The van der Waals surface area contributed by atoms with E-state index in [1.54, 1.807) is 32.1 Å². The number of urea groups is 1. The second-order valence-electron chi connectivity index (χ2n) is 5.37. The van der Waals surface area contributed by atoms with E-state index in [-0.39, 0.29) is 0 Å². The van der Waals surface area contributed by atoms with Crippen LogP contribution in [-0.4, -0.2) is 29.7 Å². The van der Waals surface area contributed by atoms with Crippen LogP contribution in [0.25, 0.3) is 0 Å². The maximum atomic E-state index is 11.7. The Bertz CT molecular complexity index is 424. The summed E-state index contributed by atoms with van der Waals surface area (Å²) in [5.41, 5.74) is -0.531. The van der Waals surface area contributed by atoms with Crippen LogP contribution in [0.5, 0.6) is 0 Å². The van der Waals surface area contributed by atoms with E-state index in [0.717, 1.165) is 6.42 Å². The fraction of sp³-hybridized carbons (Fsp3) is 0.538. The summed E-state index contributed by atoms with van der Waals surface area (Å²) in [5.74, 6) is -1.03. The second kappa shape index (κ2) is 6.56. The number of rotatable bonds is 5. The van der Waals surface area contributed by atoms with Crippen molar-refractivity contribution >= 4 is 23.3 Å². The minimum Gasteiger partial charge on any atom is -0.480 e. The Labute approximate surface area is 117 Å². The first kappa shape index (κ1) is 15.5. The molecular weight excluding hydrogens is 264 g/mol. The second-order valence-corrected chi connectivity index (χ2v) is 6.40.